The zero-order valence-corrected chi connectivity index (χ0v) is 17.7. The van der Waals surface area contributed by atoms with Crippen molar-refractivity contribution >= 4 is 39.6 Å². The fourth-order valence-corrected chi connectivity index (χ4v) is 5.24. The number of nitrogens with two attached hydrogens (primary N) is 1. The normalized spacial score (nSPS) is 21.5. The Morgan fingerprint density at radius 2 is 1.97 bits per heavy atom. The molecule has 6 rings (SSSR count). The molecule has 1 aliphatic heterocycles. The van der Waals surface area contributed by atoms with Crippen LogP contribution in [0.25, 0.3) is 27.8 Å². The molecule has 1 saturated carbocycles. The number of H-pyrrole nitrogens is 1. The van der Waals surface area contributed by atoms with E-state index in [1.807, 2.05) is 24.4 Å². The van der Waals surface area contributed by atoms with Crippen molar-refractivity contribution in [1.29, 1.82) is 0 Å². The molecule has 1 aromatic carbocycles. The third-order valence-corrected chi connectivity index (χ3v) is 6.90. The van der Waals surface area contributed by atoms with Gasteiger partial charge < -0.3 is 10.7 Å². The molecule has 0 radical (unpaired) electrons. The van der Waals surface area contributed by atoms with E-state index in [1.54, 1.807) is 6.20 Å². The third kappa shape index (κ3) is 3.05. The minimum atomic E-state index is 0.371. The van der Waals surface area contributed by atoms with Gasteiger partial charge in [0.15, 0.2) is 0 Å². The smallest absolute Gasteiger partial charge is 0.150 e. The van der Waals surface area contributed by atoms with Gasteiger partial charge in [0.2, 0.25) is 0 Å². The number of nitrogens with zero attached hydrogens (tertiary/aromatic N) is 4. The van der Waals surface area contributed by atoms with Crippen LogP contribution in [0.2, 0.25) is 5.02 Å². The lowest BCUT2D eigenvalue weighted by atomic mass is 9.79. The molecule has 4 aromatic rings. The summed E-state index contributed by atoms with van der Waals surface area (Å²) < 4.78 is 2.12. The lowest BCUT2D eigenvalue weighted by Crippen LogP contribution is -2.27. The van der Waals surface area contributed by atoms with Gasteiger partial charge in [-0.3, -0.25) is 4.40 Å². The van der Waals surface area contributed by atoms with Crippen LogP contribution in [0, 0.1) is 5.92 Å². The van der Waals surface area contributed by atoms with Crippen LogP contribution in [0.4, 0.5) is 5.82 Å². The zero-order valence-electron chi connectivity index (χ0n) is 16.9. The number of anilines is 1. The molecular formula is C22H23ClN8. The summed E-state index contributed by atoms with van der Waals surface area (Å²) in [6.45, 7) is 0.830. The van der Waals surface area contributed by atoms with Gasteiger partial charge in [-0.25, -0.2) is 20.9 Å². The first-order valence-electron chi connectivity index (χ1n) is 10.6. The number of aromatic nitrogens is 4. The molecule has 0 unspecified atom stereocenters. The van der Waals surface area contributed by atoms with Crippen LogP contribution in [0.3, 0.4) is 0 Å². The Hall–Kier alpha value is -3.10. The van der Waals surface area contributed by atoms with Crippen LogP contribution < -0.4 is 16.7 Å². The number of para-hydroxylation sites is 1. The summed E-state index contributed by atoms with van der Waals surface area (Å²) in [7, 11) is 0. The van der Waals surface area contributed by atoms with Gasteiger partial charge >= 0.3 is 0 Å². The van der Waals surface area contributed by atoms with Gasteiger partial charge in [0.1, 0.15) is 22.9 Å². The van der Waals surface area contributed by atoms with Crippen LogP contribution in [0.1, 0.15) is 37.4 Å². The van der Waals surface area contributed by atoms with Crippen LogP contribution in [-0.4, -0.2) is 31.6 Å². The molecule has 1 fully saturated rings. The minimum absolute atomic E-state index is 0.371. The molecule has 3 aromatic heterocycles. The molecule has 8 nitrogen and oxygen atoms in total. The number of hydrazine groups is 1. The fraction of sp³-hybridized carbons (Fsp3) is 0.318. The number of hydrazone groups is 1. The second-order valence-corrected chi connectivity index (χ2v) is 8.76. The highest BCUT2D eigenvalue weighted by Crippen LogP contribution is 2.39. The number of benzene rings is 1. The molecule has 31 heavy (non-hydrogen) atoms. The molecule has 0 spiro atoms. The Morgan fingerprint density at radius 1 is 1.13 bits per heavy atom. The maximum Gasteiger partial charge on any atom is 0.150 e. The van der Waals surface area contributed by atoms with E-state index in [0.29, 0.717) is 22.7 Å². The van der Waals surface area contributed by atoms with Crippen LogP contribution >= 0.6 is 11.6 Å². The zero-order chi connectivity index (χ0) is 20.9. The summed E-state index contributed by atoms with van der Waals surface area (Å²) in [6.07, 6.45) is 8.08. The molecule has 2 aliphatic rings. The van der Waals surface area contributed by atoms with Gasteiger partial charge in [-0.2, -0.15) is 5.10 Å². The summed E-state index contributed by atoms with van der Waals surface area (Å²) >= 11 is 6.39. The van der Waals surface area contributed by atoms with E-state index in [4.69, 9.17) is 22.3 Å². The van der Waals surface area contributed by atoms with Crippen molar-refractivity contribution < 1.29 is 0 Å². The van der Waals surface area contributed by atoms with E-state index in [1.165, 1.54) is 5.71 Å². The lowest BCUT2D eigenvalue weighted by molar-refractivity contribution is 0.379. The summed E-state index contributed by atoms with van der Waals surface area (Å²) in [5.74, 6) is 2.43. The number of nitrogens with one attached hydrogen (secondary N) is 3. The highest BCUT2D eigenvalue weighted by atomic mass is 35.5. The number of rotatable bonds is 3. The van der Waals surface area contributed by atoms with Crippen molar-refractivity contribution in [2.24, 2.45) is 11.0 Å². The van der Waals surface area contributed by atoms with E-state index < -0.39 is 0 Å². The second kappa shape index (κ2) is 7.25. The Morgan fingerprint density at radius 3 is 2.74 bits per heavy atom. The molecule has 0 atom stereocenters. The maximum absolute atomic E-state index is 6.39. The van der Waals surface area contributed by atoms with E-state index in [9.17, 15) is 0 Å². The average Bonchev–Trinajstić information content (AvgIpc) is 3.53. The highest BCUT2D eigenvalue weighted by molar-refractivity contribution is 6.35. The van der Waals surface area contributed by atoms with Crippen molar-refractivity contribution in [2.75, 3.05) is 12.3 Å². The largest absolute Gasteiger partial charge is 0.382 e. The Balaban J connectivity index is 1.40. The van der Waals surface area contributed by atoms with Crippen LogP contribution in [-0.2, 0) is 0 Å². The van der Waals surface area contributed by atoms with Gasteiger partial charge in [-0.05, 0) is 37.8 Å². The first-order valence-corrected chi connectivity index (χ1v) is 11.0. The maximum atomic E-state index is 6.39. The number of aromatic amines is 1. The van der Waals surface area contributed by atoms with Crippen LogP contribution in [0.5, 0.6) is 0 Å². The SMILES string of the molecule is Nc1nccn2c(C3CCC(C4=NNNC4)CC3)nc(-c3cc4cccc(Cl)c4[nH]3)c12. The average molecular weight is 435 g/mol. The predicted molar refractivity (Wildman–Crippen MR) is 123 cm³/mol. The van der Waals surface area contributed by atoms with Gasteiger partial charge in [0.25, 0.3) is 0 Å². The number of imidazole rings is 1. The molecule has 4 heterocycles. The van der Waals surface area contributed by atoms with Gasteiger partial charge in [0, 0.05) is 29.6 Å². The third-order valence-electron chi connectivity index (χ3n) is 6.58. The van der Waals surface area contributed by atoms with E-state index in [-0.39, 0.29) is 0 Å². The van der Waals surface area contributed by atoms with E-state index in [0.717, 1.165) is 65.9 Å². The predicted octanol–water partition coefficient (Wildman–Crippen LogP) is 3.85. The molecule has 0 amide bonds. The van der Waals surface area contributed by atoms with E-state index in [2.05, 4.69) is 36.5 Å². The first-order chi connectivity index (χ1) is 15.2. The number of hydrogen-bond acceptors (Lipinski definition) is 6. The second-order valence-electron chi connectivity index (χ2n) is 8.35. The van der Waals surface area contributed by atoms with Gasteiger partial charge in [-0.15, -0.1) is 0 Å². The quantitative estimate of drug-likeness (QED) is 0.391. The topological polar surface area (TPSA) is 108 Å². The Labute approximate surface area is 183 Å². The van der Waals surface area contributed by atoms with Crippen molar-refractivity contribution in [1.82, 2.24) is 30.3 Å². The molecule has 1 aliphatic carbocycles. The number of fused-ring (bicyclic) bond motifs is 2. The molecule has 9 heteroatoms. The summed E-state index contributed by atoms with van der Waals surface area (Å²) in [6, 6.07) is 7.95. The van der Waals surface area contributed by atoms with Gasteiger partial charge in [0.05, 0.1) is 28.5 Å². The first kappa shape index (κ1) is 18.7. The van der Waals surface area contributed by atoms with Crippen molar-refractivity contribution in [3.05, 3.63) is 47.5 Å². The molecule has 0 bridgehead atoms. The highest BCUT2D eigenvalue weighted by Gasteiger charge is 2.30. The van der Waals surface area contributed by atoms with Crippen molar-refractivity contribution in [3.8, 4) is 11.4 Å². The summed E-state index contributed by atoms with van der Waals surface area (Å²) in [4.78, 5) is 12.9. The van der Waals surface area contributed by atoms with Crippen molar-refractivity contribution in [3.63, 3.8) is 0 Å². The Bertz CT molecular complexity index is 1310. The van der Waals surface area contributed by atoms with E-state index >= 15 is 0 Å². The number of nitrogen functional groups attached to an aromatic ring is 1. The number of hydrogen-bond donors (Lipinski definition) is 4. The monoisotopic (exact) mass is 434 g/mol. The van der Waals surface area contributed by atoms with Crippen molar-refractivity contribution in [2.45, 2.75) is 31.6 Å². The molecule has 5 N–H and O–H groups in total. The summed E-state index contributed by atoms with van der Waals surface area (Å²) in [5.41, 5.74) is 17.0. The van der Waals surface area contributed by atoms with Gasteiger partial charge in [-0.1, -0.05) is 23.7 Å². The molecule has 0 saturated heterocycles. The standard InChI is InChI=1S/C22H23ClN8/c23-15-3-1-2-14-10-16(27-18(14)15)19-20-21(24)25-8-9-31(20)22(28-19)13-6-4-12(5-7-13)17-11-26-30-29-17/h1-3,8-10,12-13,26-27,30H,4-7,11H2,(H2,24,25). The Kier molecular flexibility index (Phi) is 4.36. The van der Waals surface area contributed by atoms with Crippen LogP contribution in [0.15, 0.2) is 41.8 Å². The molecular weight excluding hydrogens is 412 g/mol. The minimum Gasteiger partial charge on any atom is -0.382 e. The summed E-state index contributed by atoms with van der Waals surface area (Å²) in [5, 5.41) is 6.12. The number of halogens is 1. The molecule has 158 valence electrons. The fourth-order valence-electron chi connectivity index (χ4n) is 5.01. The lowest BCUT2D eigenvalue weighted by Gasteiger charge is -2.27.